The Morgan fingerprint density at radius 2 is 2.12 bits per heavy atom. The summed E-state index contributed by atoms with van der Waals surface area (Å²) in [6.07, 6.45) is 1.45. The molecule has 2 rings (SSSR count). The zero-order chi connectivity index (χ0) is 19.3. The van der Waals surface area contributed by atoms with Crippen molar-refractivity contribution >= 4 is 28.5 Å². The van der Waals surface area contributed by atoms with Gasteiger partial charge in [-0.3, -0.25) is 5.32 Å². The van der Waals surface area contributed by atoms with Crippen LogP contribution in [0.2, 0.25) is 0 Å². The van der Waals surface area contributed by atoms with Gasteiger partial charge in [-0.05, 0) is 24.0 Å². The van der Waals surface area contributed by atoms with Gasteiger partial charge in [-0.1, -0.05) is 18.2 Å². The summed E-state index contributed by atoms with van der Waals surface area (Å²) < 4.78 is 36.5. The summed E-state index contributed by atoms with van der Waals surface area (Å²) in [5.41, 5.74) is -0.324. The standard InChI is InChI=1S/C16H15F2N3O4S/c1-3-6-19-16(24)20-14-10(15(22)23)13(21-26-14)25-7-9-5-4-8(2)11(17)12(9)18/h3-5H,1,6-7H2,2H3,(H,22,23)(H2,19,20,24). The fourth-order valence-electron chi connectivity index (χ4n) is 1.90. The van der Waals surface area contributed by atoms with Crippen molar-refractivity contribution in [3.63, 3.8) is 0 Å². The highest BCUT2D eigenvalue weighted by Gasteiger charge is 2.24. The van der Waals surface area contributed by atoms with Crippen LogP contribution >= 0.6 is 11.5 Å². The maximum absolute atomic E-state index is 13.9. The maximum Gasteiger partial charge on any atom is 0.344 e. The Balaban J connectivity index is 2.17. The molecule has 0 unspecified atom stereocenters. The first-order valence-electron chi connectivity index (χ1n) is 7.30. The Bertz CT molecular complexity index is 854. The molecule has 138 valence electrons. The lowest BCUT2D eigenvalue weighted by Crippen LogP contribution is -2.28. The number of hydrogen-bond acceptors (Lipinski definition) is 5. The highest BCUT2D eigenvalue weighted by molar-refractivity contribution is 7.11. The van der Waals surface area contributed by atoms with Gasteiger partial charge in [0.05, 0.1) is 0 Å². The molecule has 7 nitrogen and oxygen atoms in total. The average Bonchev–Trinajstić information content (AvgIpc) is 3.00. The maximum atomic E-state index is 13.9. The van der Waals surface area contributed by atoms with Crippen molar-refractivity contribution in [1.29, 1.82) is 0 Å². The highest BCUT2D eigenvalue weighted by Crippen LogP contribution is 2.31. The van der Waals surface area contributed by atoms with Gasteiger partial charge in [0.1, 0.15) is 11.6 Å². The zero-order valence-corrected chi connectivity index (χ0v) is 14.5. The number of carbonyl (C=O) groups excluding carboxylic acids is 1. The first kappa shape index (κ1) is 19.3. The summed E-state index contributed by atoms with van der Waals surface area (Å²) in [5, 5.41) is 14.0. The number of hydrogen-bond donors (Lipinski definition) is 3. The quantitative estimate of drug-likeness (QED) is 0.637. The summed E-state index contributed by atoms with van der Waals surface area (Å²) in [5.74, 6) is -3.76. The molecule has 2 aromatic rings. The third-order valence-electron chi connectivity index (χ3n) is 3.23. The third-order valence-corrected chi connectivity index (χ3v) is 3.97. The van der Waals surface area contributed by atoms with Crippen LogP contribution in [0, 0.1) is 18.6 Å². The molecule has 0 aliphatic heterocycles. The molecule has 1 aromatic carbocycles. The van der Waals surface area contributed by atoms with Crippen LogP contribution in [-0.4, -0.2) is 28.0 Å². The summed E-state index contributed by atoms with van der Waals surface area (Å²) in [7, 11) is 0. The molecular formula is C16H15F2N3O4S. The molecule has 0 bridgehead atoms. The monoisotopic (exact) mass is 383 g/mol. The van der Waals surface area contributed by atoms with E-state index < -0.39 is 30.2 Å². The second kappa shape index (κ2) is 8.39. The molecule has 26 heavy (non-hydrogen) atoms. The normalized spacial score (nSPS) is 10.3. The van der Waals surface area contributed by atoms with Crippen molar-refractivity contribution in [1.82, 2.24) is 9.69 Å². The number of aromatic nitrogens is 1. The van der Waals surface area contributed by atoms with E-state index >= 15 is 0 Å². The minimum atomic E-state index is -1.39. The molecule has 0 atom stereocenters. The number of carboxylic acid groups (broad SMARTS) is 1. The SMILES string of the molecule is C=CCNC(=O)Nc1snc(OCc2ccc(C)c(F)c2F)c1C(=O)O. The van der Waals surface area contributed by atoms with Crippen LogP contribution in [0.3, 0.4) is 0 Å². The molecule has 3 N–H and O–H groups in total. The Morgan fingerprint density at radius 3 is 2.77 bits per heavy atom. The largest absolute Gasteiger partial charge is 0.477 e. The van der Waals surface area contributed by atoms with Gasteiger partial charge in [0, 0.05) is 12.1 Å². The molecule has 2 amide bonds. The number of aromatic carboxylic acids is 1. The molecule has 0 fully saturated rings. The van der Waals surface area contributed by atoms with Crippen LogP contribution < -0.4 is 15.4 Å². The number of urea groups is 1. The van der Waals surface area contributed by atoms with Gasteiger partial charge < -0.3 is 15.2 Å². The minimum absolute atomic E-state index is 0.0513. The summed E-state index contributed by atoms with van der Waals surface area (Å²) in [6.45, 7) is 4.62. The number of rotatable bonds is 7. The number of aryl methyl sites for hydroxylation is 1. The molecule has 0 spiro atoms. The van der Waals surface area contributed by atoms with Crippen LogP contribution in [-0.2, 0) is 6.61 Å². The number of carbonyl (C=O) groups is 2. The van der Waals surface area contributed by atoms with Crippen molar-refractivity contribution in [3.05, 3.63) is 53.1 Å². The van der Waals surface area contributed by atoms with E-state index in [1.54, 1.807) is 0 Å². The number of anilines is 1. The molecule has 1 heterocycles. The number of carboxylic acids is 1. The number of nitrogens with zero attached hydrogens (tertiary/aromatic N) is 1. The summed E-state index contributed by atoms with van der Waals surface area (Å²) in [4.78, 5) is 23.1. The van der Waals surface area contributed by atoms with Crippen LogP contribution in [0.5, 0.6) is 5.88 Å². The Labute approximate surface area is 151 Å². The fourth-order valence-corrected chi connectivity index (χ4v) is 2.63. The summed E-state index contributed by atoms with van der Waals surface area (Å²) >= 11 is 0.690. The van der Waals surface area contributed by atoms with E-state index in [0.717, 1.165) is 0 Å². The number of halogens is 2. The van der Waals surface area contributed by atoms with Crippen LogP contribution in [0.25, 0.3) is 0 Å². The van der Waals surface area contributed by atoms with Crippen molar-refractivity contribution in [3.8, 4) is 5.88 Å². The topological polar surface area (TPSA) is 101 Å². The smallest absolute Gasteiger partial charge is 0.344 e. The molecule has 10 heteroatoms. The van der Waals surface area contributed by atoms with E-state index in [1.807, 2.05) is 0 Å². The number of amides is 2. The highest BCUT2D eigenvalue weighted by atomic mass is 32.1. The molecule has 0 radical (unpaired) electrons. The second-order valence-corrected chi connectivity index (χ2v) is 5.85. The zero-order valence-electron chi connectivity index (χ0n) is 13.6. The van der Waals surface area contributed by atoms with E-state index in [0.29, 0.717) is 11.5 Å². The van der Waals surface area contributed by atoms with Crippen LogP contribution in [0.15, 0.2) is 24.8 Å². The minimum Gasteiger partial charge on any atom is -0.477 e. The predicted octanol–water partition coefficient (Wildman–Crippen LogP) is 3.31. The molecule has 1 aromatic heterocycles. The molecule has 0 aliphatic carbocycles. The summed E-state index contributed by atoms with van der Waals surface area (Å²) in [6, 6.07) is 2.07. The van der Waals surface area contributed by atoms with Gasteiger partial charge in [0.15, 0.2) is 17.2 Å². The Morgan fingerprint density at radius 1 is 1.38 bits per heavy atom. The van der Waals surface area contributed by atoms with Gasteiger partial charge in [0.2, 0.25) is 5.88 Å². The first-order chi connectivity index (χ1) is 12.3. The average molecular weight is 383 g/mol. The van der Waals surface area contributed by atoms with E-state index in [1.165, 1.54) is 25.1 Å². The van der Waals surface area contributed by atoms with Crippen molar-refractivity contribution in [2.45, 2.75) is 13.5 Å². The van der Waals surface area contributed by atoms with Gasteiger partial charge >= 0.3 is 12.0 Å². The molecular weight excluding hydrogens is 368 g/mol. The van der Waals surface area contributed by atoms with Crippen molar-refractivity contribution < 1.29 is 28.2 Å². The van der Waals surface area contributed by atoms with E-state index in [-0.39, 0.29) is 34.1 Å². The Kier molecular flexibility index (Phi) is 6.23. The lowest BCUT2D eigenvalue weighted by molar-refractivity contribution is 0.0693. The first-order valence-corrected chi connectivity index (χ1v) is 8.07. The van der Waals surface area contributed by atoms with Crippen molar-refractivity contribution in [2.24, 2.45) is 0 Å². The number of nitrogens with one attached hydrogen (secondary N) is 2. The van der Waals surface area contributed by atoms with Crippen molar-refractivity contribution in [2.75, 3.05) is 11.9 Å². The van der Waals surface area contributed by atoms with Crippen LogP contribution in [0.4, 0.5) is 18.6 Å². The van der Waals surface area contributed by atoms with E-state index in [9.17, 15) is 23.5 Å². The van der Waals surface area contributed by atoms with Gasteiger partial charge in [-0.25, -0.2) is 18.4 Å². The van der Waals surface area contributed by atoms with Crippen LogP contribution in [0.1, 0.15) is 21.5 Å². The van der Waals surface area contributed by atoms with E-state index in [2.05, 4.69) is 21.6 Å². The third kappa shape index (κ3) is 4.33. The Hall–Kier alpha value is -3.01. The second-order valence-electron chi connectivity index (χ2n) is 5.08. The lowest BCUT2D eigenvalue weighted by Gasteiger charge is -2.08. The van der Waals surface area contributed by atoms with Gasteiger partial charge in [-0.2, -0.15) is 4.37 Å². The fraction of sp³-hybridized carbons (Fsp3) is 0.188. The predicted molar refractivity (Wildman–Crippen MR) is 91.7 cm³/mol. The number of benzene rings is 1. The van der Waals surface area contributed by atoms with Gasteiger partial charge in [0.25, 0.3) is 0 Å². The van der Waals surface area contributed by atoms with E-state index in [4.69, 9.17) is 4.74 Å². The molecule has 0 saturated carbocycles. The van der Waals surface area contributed by atoms with Gasteiger partial charge in [-0.15, -0.1) is 6.58 Å². The molecule has 0 saturated heterocycles. The number of ether oxygens (including phenoxy) is 1. The molecule has 0 aliphatic rings. The lowest BCUT2D eigenvalue weighted by atomic mass is 10.1.